The fourth-order valence-electron chi connectivity index (χ4n) is 2.70. The number of carboxylic acids is 1. The van der Waals surface area contributed by atoms with Crippen LogP contribution < -0.4 is 5.32 Å². The first-order valence-electron chi connectivity index (χ1n) is 6.63. The van der Waals surface area contributed by atoms with E-state index in [2.05, 4.69) is 5.32 Å². The molecule has 0 aliphatic heterocycles. The predicted octanol–water partition coefficient (Wildman–Crippen LogP) is 1.83. The lowest BCUT2D eigenvalue weighted by atomic mass is 9.95. The summed E-state index contributed by atoms with van der Waals surface area (Å²) in [6, 6.07) is 3.60. The second-order valence-electron chi connectivity index (χ2n) is 5.18. The van der Waals surface area contributed by atoms with Crippen molar-refractivity contribution in [3.05, 3.63) is 24.2 Å². The van der Waals surface area contributed by atoms with E-state index in [1.807, 2.05) is 13.0 Å². The van der Waals surface area contributed by atoms with E-state index in [-0.39, 0.29) is 11.9 Å². The number of carbonyl (C=O) groups is 2. The van der Waals surface area contributed by atoms with Gasteiger partial charge in [0.1, 0.15) is 5.76 Å². The fourth-order valence-corrected chi connectivity index (χ4v) is 2.70. The third-order valence-electron chi connectivity index (χ3n) is 3.65. The zero-order valence-electron chi connectivity index (χ0n) is 11.0. The van der Waals surface area contributed by atoms with Crippen molar-refractivity contribution >= 4 is 11.9 Å². The molecule has 3 unspecified atom stereocenters. The molecule has 1 heterocycles. The first-order valence-corrected chi connectivity index (χ1v) is 6.63. The maximum Gasteiger partial charge on any atom is 0.307 e. The summed E-state index contributed by atoms with van der Waals surface area (Å²) in [5, 5.41) is 12.0. The number of rotatable bonds is 5. The van der Waals surface area contributed by atoms with Crippen LogP contribution in [0.3, 0.4) is 0 Å². The average molecular weight is 265 g/mol. The average Bonchev–Trinajstić information content (AvgIpc) is 2.97. The smallest absolute Gasteiger partial charge is 0.307 e. The van der Waals surface area contributed by atoms with Crippen molar-refractivity contribution in [2.24, 2.45) is 11.8 Å². The molecule has 0 saturated heterocycles. The number of hydrogen-bond acceptors (Lipinski definition) is 3. The number of nitrogens with one attached hydrogen (secondary N) is 1. The van der Waals surface area contributed by atoms with Gasteiger partial charge in [-0.1, -0.05) is 6.42 Å². The van der Waals surface area contributed by atoms with Crippen LogP contribution in [0.2, 0.25) is 0 Å². The Balaban J connectivity index is 1.88. The summed E-state index contributed by atoms with van der Waals surface area (Å²) in [5.41, 5.74) is 0. The van der Waals surface area contributed by atoms with E-state index < -0.39 is 17.8 Å². The van der Waals surface area contributed by atoms with Gasteiger partial charge < -0.3 is 14.8 Å². The van der Waals surface area contributed by atoms with Gasteiger partial charge in [0.2, 0.25) is 5.91 Å². The van der Waals surface area contributed by atoms with E-state index in [0.717, 1.165) is 12.2 Å². The standard InChI is InChI=1S/C14H19NO4/c1-9(8-10-4-3-7-19-10)15-13(16)11-5-2-6-12(11)14(17)18/h3-4,7,9,11-12H,2,5-6,8H2,1H3,(H,15,16)(H,17,18). The SMILES string of the molecule is CC(Cc1ccco1)NC(=O)C1CCCC1C(=O)O. The summed E-state index contributed by atoms with van der Waals surface area (Å²) in [6.07, 6.45) is 4.28. The molecule has 1 amide bonds. The van der Waals surface area contributed by atoms with E-state index >= 15 is 0 Å². The van der Waals surface area contributed by atoms with Gasteiger partial charge in [-0.05, 0) is 31.9 Å². The Labute approximate surface area is 112 Å². The van der Waals surface area contributed by atoms with Crippen molar-refractivity contribution in [2.75, 3.05) is 0 Å². The number of carbonyl (C=O) groups excluding carboxylic acids is 1. The van der Waals surface area contributed by atoms with Crippen LogP contribution in [0.4, 0.5) is 0 Å². The van der Waals surface area contributed by atoms with E-state index in [0.29, 0.717) is 19.3 Å². The number of aliphatic carboxylic acids is 1. The maximum atomic E-state index is 12.1. The zero-order valence-corrected chi connectivity index (χ0v) is 11.0. The van der Waals surface area contributed by atoms with E-state index in [1.54, 1.807) is 12.3 Å². The highest BCUT2D eigenvalue weighted by atomic mass is 16.4. The molecule has 1 aliphatic rings. The molecule has 0 spiro atoms. The topological polar surface area (TPSA) is 79.5 Å². The maximum absolute atomic E-state index is 12.1. The monoisotopic (exact) mass is 265 g/mol. The Kier molecular flexibility index (Phi) is 4.24. The molecule has 3 atom stereocenters. The highest BCUT2D eigenvalue weighted by Gasteiger charge is 2.37. The van der Waals surface area contributed by atoms with Crippen LogP contribution in [-0.4, -0.2) is 23.0 Å². The highest BCUT2D eigenvalue weighted by molar-refractivity contribution is 5.85. The van der Waals surface area contributed by atoms with Crippen LogP contribution in [0.15, 0.2) is 22.8 Å². The molecule has 1 aromatic heterocycles. The lowest BCUT2D eigenvalue weighted by Gasteiger charge is -2.19. The van der Waals surface area contributed by atoms with Gasteiger partial charge >= 0.3 is 5.97 Å². The molecular formula is C14H19NO4. The number of amides is 1. The van der Waals surface area contributed by atoms with Gasteiger partial charge in [0.15, 0.2) is 0 Å². The molecule has 0 bridgehead atoms. The summed E-state index contributed by atoms with van der Waals surface area (Å²) in [7, 11) is 0. The molecule has 1 saturated carbocycles. The molecule has 1 fully saturated rings. The van der Waals surface area contributed by atoms with E-state index in [1.165, 1.54) is 0 Å². The van der Waals surface area contributed by atoms with Gasteiger partial charge in [0.05, 0.1) is 18.1 Å². The summed E-state index contributed by atoms with van der Waals surface area (Å²) in [6.45, 7) is 1.89. The predicted molar refractivity (Wildman–Crippen MR) is 68.5 cm³/mol. The molecule has 0 radical (unpaired) electrons. The van der Waals surface area contributed by atoms with Gasteiger partial charge in [-0.25, -0.2) is 0 Å². The minimum Gasteiger partial charge on any atom is -0.481 e. The Morgan fingerprint density at radius 3 is 2.84 bits per heavy atom. The van der Waals surface area contributed by atoms with Crippen molar-refractivity contribution in [3.63, 3.8) is 0 Å². The number of furan rings is 1. The number of hydrogen-bond donors (Lipinski definition) is 2. The molecule has 19 heavy (non-hydrogen) atoms. The molecule has 2 rings (SSSR count). The lowest BCUT2D eigenvalue weighted by Crippen LogP contribution is -2.40. The molecule has 104 valence electrons. The van der Waals surface area contributed by atoms with Gasteiger partial charge in [0.25, 0.3) is 0 Å². The van der Waals surface area contributed by atoms with Gasteiger partial charge in [-0.2, -0.15) is 0 Å². The van der Waals surface area contributed by atoms with Crippen molar-refractivity contribution < 1.29 is 19.1 Å². The van der Waals surface area contributed by atoms with Crippen LogP contribution in [0, 0.1) is 11.8 Å². The summed E-state index contributed by atoms with van der Waals surface area (Å²) >= 11 is 0. The van der Waals surface area contributed by atoms with Crippen molar-refractivity contribution in [1.82, 2.24) is 5.32 Å². The highest BCUT2D eigenvalue weighted by Crippen LogP contribution is 2.32. The first kappa shape index (κ1) is 13.6. The summed E-state index contributed by atoms with van der Waals surface area (Å²) in [5.74, 6) is -1.12. The fraction of sp³-hybridized carbons (Fsp3) is 0.571. The first-order chi connectivity index (χ1) is 9.08. The Bertz CT molecular complexity index is 440. The molecule has 5 nitrogen and oxygen atoms in total. The van der Waals surface area contributed by atoms with Crippen molar-refractivity contribution in [3.8, 4) is 0 Å². The summed E-state index contributed by atoms with van der Waals surface area (Å²) in [4.78, 5) is 23.2. The zero-order chi connectivity index (χ0) is 13.8. The lowest BCUT2D eigenvalue weighted by molar-refractivity contribution is -0.146. The minimum absolute atomic E-state index is 0.0614. The van der Waals surface area contributed by atoms with Gasteiger partial charge in [-0.15, -0.1) is 0 Å². The molecule has 2 N–H and O–H groups in total. The normalized spacial score (nSPS) is 24.1. The minimum atomic E-state index is -0.865. The quantitative estimate of drug-likeness (QED) is 0.851. The van der Waals surface area contributed by atoms with Crippen LogP contribution in [-0.2, 0) is 16.0 Å². The van der Waals surface area contributed by atoms with E-state index in [9.17, 15) is 9.59 Å². The van der Waals surface area contributed by atoms with Crippen LogP contribution in [0.1, 0.15) is 31.9 Å². The van der Waals surface area contributed by atoms with Crippen LogP contribution in [0.25, 0.3) is 0 Å². The Morgan fingerprint density at radius 2 is 2.21 bits per heavy atom. The van der Waals surface area contributed by atoms with Crippen LogP contribution in [0.5, 0.6) is 0 Å². The summed E-state index contributed by atoms with van der Waals surface area (Å²) < 4.78 is 5.23. The van der Waals surface area contributed by atoms with E-state index in [4.69, 9.17) is 9.52 Å². The van der Waals surface area contributed by atoms with Crippen molar-refractivity contribution in [2.45, 2.75) is 38.6 Å². The van der Waals surface area contributed by atoms with Crippen LogP contribution >= 0.6 is 0 Å². The Morgan fingerprint density at radius 1 is 1.47 bits per heavy atom. The molecule has 0 aromatic carbocycles. The number of carboxylic acid groups (broad SMARTS) is 1. The molecule has 1 aliphatic carbocycles. The second-order valence-corrected chi connectivity index (χ2v) is 5.18. The second kappa shape index (κ2) is 5.91. The molecular weight excluding hydrogens is 246 g/mol. The molecule has 1 aromatic rings. The third kappa shape index (κ3) is 3.36. The third-order valence-corrected chi connectivity index (χ3v) is 3.65. The van der Waals surface area contributed by atoms with Gasteiger partial charge in [-0.3, -0.25) is 9.59 Å². The van der Waals surface area contributed by atoms with Crippen molar-refractivity contribution in [1.29, 1.82) is 0 Å². The largest absolute Gasteiger partial charge is 0.481 e. The molecule has 5 heteroatoms. The Hall–Kier alpha value is -1.78. The van der Waals surface area contributed by atoms with Gasteiger partial charge in [0, 0.05) is 12.5 Å².